The molecule has 3 nitrogen and oxygen atoms in total. The van der Waals surface area contributed by atoms with Gasteiger partial charge in [-0.1, -0.05) is 66.7 Å². The molecule has 0 amide bonds. The third kappa shape index (κ3) is 4.10. The number of carboxylic acid groups (broad SMARTS) is 1. The number of nitrogens with zero attached hydrogens (tertiary/aromatic N) is 1. The highest BCUT2D eigenvalue weighted by Gasteiger charge is 2.28. The predicted octanol–water partition coefficient (Wildman–Crippen LogP) is 4.58. The van der Waals surface area contributed by atoms with E-state index in [0.29, 0.717) is 13.1 Å². The fraction of sp³-hybridized carbons (Fsp3) is 0.150. The van der Waals surface area contributed by atoms with Gasteiger partial charge in [-0.2, -0.15) is 0 Å². The molecule has 1 unspecified atom stereocenters. The van der Waals surface area contributed by atoms with Crippen molar-refractivity contribution in [2.24, 2.45) is 0 Å². The van der Waals surface area contributed by atoms with Gasteiger partial charge in [0.25, 0.3) is 0 Å². The van der Waals surface area contributed by atoms with Crippen molar-refractivity contribution in [2.75, 3.05) is 0 Å². The number of rotatable bonds is 7. The molecule has 1 heterocycles. The van der Waals surface area contributed by atoms with Crippen LogP contribution in [0.4, 0.5) is 0 Å². The van der Waals surface area contributed by atoms with Gasteiger partial charge in [-0.05, 0) is 22.6 Å². The molecule has 3 rings (SSSR count). The molecule has 1 N–H and O–H groups in total. The van der Waals surface area contributed by atoms with Gasteiger partial charge in [-0.25, -0.2) is 0 Å². The first-order chi connectivity index (χ1) is 11.7. The maximum atomic E-state index is 12.0. The molecule has 4 heteroatoms. The summed E-state index contributed by atoms with van der Waals surface area (Å²) in [6, 6.07) is 23.2. The maximum Gasteiger partial charge on any atom is 0.326 e. The molecule has 0 radical (unpaired) electrons. The summed E-state index contributed by atoms with van der Waals surface area (Å²) in [5.74, 6) is -0.815. The van der Waals surface area contributed by atoms with E-state index in [-0.39, 0.29) is 0 Å². The number of thiophene rings is 1. The highest BCUT2D eigenvalue weighted by molar-refractivity contribution is 7.10. The van der Waals surface area contributed by atoms with E-state index in [0.717, 1.165) is 16.0 Å². The standard InChI is InChI=1S/C20H19NO2S/c22-20(23)19(18-12-7-13-24-18)21(14-16-8-3-1-4-9-16)15-17-10-5-2-6-11-17/h1-13,19H,14-15H2,(H,22,23). The van der Waals surface area contributed by atoms with Crippen molar-refractivity contribution in [1.29, 1.82) is 0 Å². The van der Waals surface area contributed by atoms with Crippen LogP contribution in [0.15, 0.2) is 78.2 Å². The van der Waals surface area contributed by atoms with Crippen LogP contribution >= 0.6 is 11.3 Å². The van der Waals surface area contributed by atoms with E-state index in [1.165, 1.54) is 11.3 Å². The third-order valence-corrected chi connectivity index (χ3v) is 4.79. The highest BCUT2D eigenvalue weighted by Crippen LogP contribution is 2.28. The van der Waals surface area contributed by atoms with Crippen LogP contribution in [0.3, 0.4) is 0 Å². The first-order valence-electron chi connectivity index (χ1n) is 7.82. The van der Waals surface area contributed by atoms with Gasteiger partial charge in [0, 0.05) is 18.0 Å². The second kappa shape index (κ2) is 7.90. The predicted molar refractivity (Wildman–Crippen MR) is 96.8 cm³/mol. The Hall–Kier alpha value is -2.43. The Kier molecular flexibility index (Phi) is 5.41. The van der Waals surface area contributed by atoms with Crippen LogP contribution in [-0.4, -0.2) is 16.0 Å². The smallest absolute Gasteiger partial charge is 0.326 e. The first kappa shape index (κ1) is 16.4. The molecule has 0 bridgehead atoms. The molecule has 0 aliphatic rings. The molecule has 0 spiro atoms. The molecule has 1 aromatic heterocycles. The molecule has 122 valence electrons. The monoisotopic (exact) mass is 337 g/mol. The van der Waals surface area contributed by atoms with E-state index in [9.17, 15) is 9.90 Å². The number of hydrogen-bond donors (Lipinski definition) is 1. The lowest BCUT2D eigenvalue weighted by atomic mass is 10.1. The number of carboxylic acids is 1. The lowest BCUT2D eigenvalue weighted by Gasteiger charge is -2.28. The quantitative estimate of drug-likeness (QED) is 0.686. The minimum Gasteiger partial charge on any atom is -0.480 e. The SMILES string of the molecule is O=C(O)C(c1cccs1)N(Cc1ccccc1)Cc1ccccc1. The highest BCUT2D eigenvalue weighted by atomic mass is 32.1. The molecule has 24 heavy (non-hydrogen) atoms. The fourth-order valence-corrected chi connectivity index (χ4v) is 3.63. The van der Waals surface area contributed by atoms with Crippen LogP contribution in [0.25, 0.3) is 0 Å². The van der Waals surface area contributed by atoms with Crippen molar-refractivity contribution in [1.82, 2.24) is 4.90 Å². The lowest BCUT2D eigenvalue weighted by Crippen LogP contribution is -2.32. The molecule has 0 fully saturated rings. The van der Waals surface area contributed by atoms with Gasteiger partial charge >= 0.3 is 5.97 Å². The largest absolute Gasteiger partial charge is 0.480 e. The lowest BCUT2D eigenvalue weighted by molar-refractivity contribution is -0.144. The Morgan fingerprint density at radius 2 is 1.42 bits per heavy atom. The Labute approximate surface area is 145 Å². The maximum absolute atomic E-state index is 12.0. The van der Waals surface area contributed by atoms with Crippen molar-refractivity contribution < 1.29 is 9.90 Å². The van der Waals surface area contributed by atoms with Crippen molar-refractivity contribution in [3.63, 3.8) is 0 Å². The number of benzene rings is 2. The minimum atomic E-state index is -0.815. The van der Waals surface area contributed by atoms with Crippen molar-refractivity contribution >= 4 is 17.3 Å². The normalized spacial score (nSPS) is 12.2. The van der Waals surface area contributed by atoms with Crippen LogP contribution in [0, 0.1) is 0 Å². The molecule has 2 aromatic carbocycles. The third-order valence-electron chi connectivity index (χ3n) is 3.87. The summed E-state index contributed by atoms with van der Waals surface area (Å²) in [7, 11) is 0. The van der Waals surface area contributed by atoms with Crippen LogP contribution in [0.5, 0.6) is 0 Å². The second-order valence-corrected chi connectivity index (χ2v) is 6.61. The molecule has 0 aliphatic heterocycles. The van der Waals surface area contributed by atoms with Crippen LogP contribution in [0.2, 0.25) is 0 Å². The zero-order chi connectivity index (χ0) is 16.8. The van der Waals surface area contributed by atoms with E-state index in [1.54, 1.807) is 0 Å². The van der Waals surface area contributed by atoms with Crippen molar-refractivity contribution in [2.45, 2.75) is 19.1 Å². The van der Waals surface area contributed by atoms with Gasteiger partial charge in [-0.3, -0.25) is 9.69 Å². The summed E-state index contributed by atoms with van der Waals surface area (Å²) in [5.41, 5.74) is 2.22. The van der Waals surface area contributed by atoms with E-state index in [4.69, 9.17) is 0 Å². The first-order valence-corrected chi connectivity index (χ1v) is 8.70. The van der Waals surface area contributed by atoms with E-state index < -0.39 is 12.0 Å². The van der Waals surface area contributed by atoms with E-state index >= 15 is 0 Å². The summed E-state index contributed by atoms with van der Waals surface area (Å²) in [6.45, 7) is 1.18. The van der Waals surface area contributed by atoms with Gasteiger partial charge in [0.05, 0.1) is 0 Å². The Morgan fingerprint density at radius 3 is 1.83 bits per heavy atom. The Morgan fingerprint density at radius 1 is 0.875 bits per heavy atom. The average Bonchev–Trinajstić information content (AvgIpc) is 3.10. The van der Waals surface area contributed by atoms with Crippen molar-refractivity contribution in [3.8, 4) is 0 Å². The topological polar surface area (TPSA) is 40.5 Å². The van der Waals surface area contributed by atoms with Crippen molar-refractivity contribution in [3.05, 3.63) is 94.2 Å². The van der Waals surface area contributed by atoms with Gasteiger partial charge in [-0.15, -0.1) is 11.3 Å². The zero-order valence-corrected chi connectivity index (χ0v) is 14.0. The zero-order valence-electron chi connectivity index (χ0n) is 13.2. The van der Waals surface area contributed by atoms with Gasteiger partial charge in [0.1, 0.15) is 6.04 Å². The van der Waals surface area contributed by atoms with Gasteiger partial charge < -0.3 is 5.11 Å². The van der Waals surface area contributed by atoms with E-state index in [2.05, 4.69) is 0 Å². The molecule has 1 atom stereocenters. The molecule has 0 aliphatic carbocycles. The molecule has 3 aromatic rings. The molecule has 0 saturated carbocycles. The Bertz CT molecular complexity index is 715. The second-order valence-electron chi connectivity index (χ2n) is 5.63. The molecular weight excluding hydrogens is 318 g/mol. The fourth-order valence-electron chi connectivity index (χ4n) is 2.78. The summed E-state index contributed by atoms with van der Waals surface area (Å²) in [4.78, 5) is 14.9. The minimum absolute atomic E-state index is 0.588. The van der Waals surface area contributed by atoms with Gasteiger partial charge in [0.15, 0.2) is 0 Å². The number of hydrogen-bond acceptors (Lipinski definition) is 3. The summed E-state index contributed by atoms with van der Waals surface area (Å²) in [5, 5.41) is 11.8. The summed E-state index contributed by atoms with van der Waals surface area (Å²) >= 11 is 1.49. The van der Waals surface area contributed by atoms with Gasteiger partial charge in [0.2, 0.25) is 0 Å². The van der Waals surface area contributed by atoms with E-state index in [1.807, 2.05) is 83.1 Å². The van der Waals surface area contributed by atoms with Crippen LogP contribution in [-0.2, 0) is 17.9 Å². The Balaban J connectivity index is 1.92. The number of aliphatic carboxylic acids is 1. The summed E-state index contributed by atoms with van der Waals surface area (Å²) in [6.07, 6.45) is 0. The molecule has 0 saturated heterocycles. The van der Waals surface area contributed by atoms with Crippen LogP contribution < -0.4 is 0 Å². The van der Waals surface area contributed by atoms with Crippen LogP contribution in [0.1, 0.15) is 22.0 Å². The molecular formula is C20H19NO2S. The summed E-state index contributed by atoms with van der Waals surface area (Å²) < 4.78 is 0. The average molecular weight is 337 g/mol. The number of carbonyl (C=O) groups is 1.